The highest BCUT2D eigenvalue weighted by molar-refractivity contribution is 7.98. The van der Waals surface area contributed by atoms with Crippen molar-refractivity contribution in [3.63, 3.8) is 0 Å². The fourth-order valence-electron chi connectivity index (χ4n) is 2.25. The highest BCUT2D eigenvalue weighted by atomic mass is 35.5. The molecule has 5 heteroatoms. The Morgan fingerprint density at radius 2 is 1.86 bits per heavy atom. The molecule has 0 radical (unpaired) electrons. The van der Waals surface area contributed by atoms with E-state index in [0.717, 1.165) is 38.2 Å². The first kappa shape index (κ1) is 18.1. The Morgan fingerprint density at radius 3 is 2.52 bits per heavy atom. The average Bonchev–Trinajstić information content (AvgIpc) is 2.70. The van der Waals surface area contributed by atoms with Gasteiger partial charge in [-0.3, -0.25) is 4.79 Å². The first-order valence-electron chi connectivity index (χ1n) is 6.98. The maximum Gasteiger partial charge on any atom is 0.246 e. The molecule has 0 aromatic heterocycles. The second-order valence-electron chi connectivity index (χ2n) is 5.09. The summed E-state index contributed by atoms with van der Waals surface area (Å²) < 4.78 is 0. The number of thioether (sulfide) groups is 1. The molecule has 0 atom stereocenters. The van der Waals surface area contributed by atoms with E-state index in [1.54, 1.807) is 17.8 Å². The molecule has 1 amide bonds. The zero-order valence-electron chi connectivity index (χ0n) is 12.6. The van der Waals surface area contributed by atoms with Crippen LogP contribution in [0.3, 0.4) is 0 Å². The van der Waals surface area contributed by atoms with E-state index in [2.05, 4.69) is 30.3 Å². The van der Waals surface area contributed by atoms with E-state index in [1.807, 2.05) is 23.1 Å². The Labute approximate surface area is 137 Å². The highest BCUT2D eigenvalue weighted by Crippen LogP contribution is 2.15. The van der Waals surface area contributed by atoms with Gasteiger partial charge in [-0.25, -0.2) is 0 Å². The van der Waals surface area contributed by atoms with Crippen molar-refractivity contribution in [2.24, 2.45) is 0 Å². The molecule has 2 rings (SSSR count). The summed E-state index contributed by atoms with van der Waals surface area (Å²) in [5.74, 6) is 0.120. The van der Waals surface area contributed by atoms with Crippen LogP contribution in [-0.2, 0) is 4.79 Å². The summed E-state index contributed by atoms with van der Waals surface area (Å²) in [6, 6.07) is 8.25. The Balaban J connectivity index is 0.00000220. The second kappa shape index (κ2) is 9.13. The van der Waals surface area contributed by atoms with Gasteiger partial charge in [0.15, 0.2) is 0 Å². The van der Waals surface area contributed by atoms with E-state index in [9.17, 15) is 4.79 Å². The molecule has 3 nitrogen and oxygen atoms in total. The Morgan fingerprint density at radius 1 is 1.14 bits per heavy atom. The summed E-state index contributed by atoms with van der Waals surface area (Å²) in [7, 11) is 2.11. The van der Waals surface area contributed by atoms with Crippen LogP contribution in [0.1, 0.15) is 12.0 Å². The molecule has 1 aliphatic heterocycles. The molecule has 0 N–H and O–H groups in total. The van der Waals surface area contributed by atoms with Gasteiger partial charge in [0.05, 0.1) is 0 Å². The molecule has 0 unspecified atom stereocenters. The van der Waals surface area contributed by atoms with Crippen molar-refractivity contribution in [1.82, 2.24) is 9.80 Å². The minimum absolute atomic E-state index is 0. The van der Waals surface area contributed by atoms with Crippen molar-refractivity contribution >= 4 is 36.2 Å². The molecule has 1 saturated heterocycles. The van der Waals surface area contributed by atoms with Gasteiger partial charge in [0, 0.05) is 30.6 Å². The van der Waals surface area contributed by atoms with Crippen LogP contribution >= 0.6 is 24.2 Å². The normalized spacial score (nSPS) is 16.6. The van der Waals surface area contributed by atoms with Crippen molar-refractivity contribution in [2.45, 2.75) is 11.3 Å². The molecule has 0 saturated carbocycles. The van der Waals surface area contributed by atoms with Gasteiger partial charge in [-0.05, 0) is 50.0 Å². The Bertz CT molecular complexity index is 476. The van der Waals surface area contributed by atoms with Crippen LogP contribution in [0.5, 0.6) is 0 Å². The van der Waals surface area contributed by atoms with Gasteiger partial charge in [-0.15, -0.1) is 24.2 Å². The minimum atomic E-state index is 0. The number of carbonyl (C=O) groups excluding carboxylic acids is 1. The smallest absolute Gasteiger partial charge is 0.246 e. The number of likely N-dealkylation sites (N-methyl/N-ethyl adjacent to an activating group) is 1. The summed E-state index contributed by atoms with van der Waals surface area (Å²) in [6.45, 7) is 3.72. The van der Waals surface area contributed by atoms with Crippen molar-refractivity contribution < 1.29 is 4.79 Å². The Hall–Kier alpha value is -0.970. The van der Waals surface area contributed by atoms with E-state index < -0.39 is 0 Å². The minimum Gasteiger partial charge on any atom is -0.338 e. The molecule has 0 bridgehead atoms. The van der Waals surface area contributed by atoms with Gasteiger partial charge >= 0.3 is 0 Å². The molecular formula is C16H23ClN2OS. The van der Waals surface area contributed by atoms with Crippen LogP contribution in [0, 0.1) is 0 Å². The standard InChI is InChI=1S/C16H22N2OS.ClH/c1-17-10-3-11-18(13-12-17)16(19)9-6-14-4-7-15(20-2)8-5-14;/h4-9H,3,10-13H2,1-2H3;1H. The first-order valence-corrected chi connectivity index (χ1v) is 8.21. The van der Waals surface area contributed by atoms with Gasteiger partial charge in [0.1, 0.15) is 0 Å². The fraction of sp³-hybridized carbons (Fsp3) is 0.438. The molecular weight excluding hydrogens is 304 g/mol. The monoisotopic (exact) mass is 326 g/mol. The van der Waals surface area contributed by atoms with E-state index >= 15 is 0 Å². The maximum atomic E-state index is 12.2. The van der Waals surface area contributed by atoms with E-state index in [0.29, 0.717) is 0 Å². The van der Waals surface area contributed by atoms with Crippen molar-refractivity contribution in [3.8, 4) is 0 Å². The molecule has 0 aliphatic carbocycles. The molecule has 1 aromatic rings. The molecule has 0 spiro atoms. The van der Waals surface area contributed by atoms with Crippen LogP contribution in [0.4, 0.5) is 0 Å². The number of hydrogen-bond acceptors (Lipinski definition) is 3. The third-order valence-electron chi connectivity index (χ3n) is 3.57. The van der Waals surface area contributed by atoms with Gasteiger partial charge in [0.2, 0.25) is 5.91 Å². The van der Waals surface area contributed by atoms with Crippen molar-refractivity contribution in [3.05, 3.63) is 35.9 Å². The summed E-state index contributed by atoms with van der Waals surface area (Å²) in [4.78, 5) is 17.6. The van der Waals surface area contributed by atoms with Gasteiger partial charge in [-0.2, -0.15) is 0 Å². The van der Waals surface area contributed by atoms with Gasteiger partial charge in [-0.1, -0.05) is 12.1 Å². The van der Waals surface area contributed by atoms with Crippen LogP contribution in [0.2, 0.25) is 0 Å². The highest BCUT2D eigenvalue weighted by Gasteiger charge is 2.14. The number of halogens is 1. The van der Waals surface area contributed by atoms with Crippen LogP contribution in [-0.4, -0.2) is 55.2 Å². The van der Waals surface area contributed by atoms with Gasteiger partial charge < -0.3 is 9.80 Å². The summed E-state index contributed by atoms with van der Waals surface area (Å²) in [5, 5.41) is 0. The quantitative estimate of drug-likeness (QED) is 0.630. The van der Waals surface area contributed by atoms with Crippen molar-refractivity contribution in [1.29, 1.82) is 0 Å². The predicted octanol–water partition coefficient (Wildman–Crippen LogP) is 3.01. The lowest BCUT2D eigenvalue weighted by molar-refractivity contribution is -0.125. The predicted molar refractivity (Wildman–Crippen MR) is 93.2 cm³/mol. The number of rotatable bonds is 3. The average molecular weight is 327 g/mol. The van der Waals surface area contributed by atoms with Crippen LogP contribution in [0.15, 0.2) is 35.2 Å². The van der Waals surface area contributed by atoms with E-state index in [-0.39, 0.29) is 18.3 Å². The number of benzene rings is 1. The summed E-state index contributed by atoms with van der Waals surface area (Å²) >= 11 is 1.72. The lowest BCUT2D eigenvalue weighted by atomic mass is 10.2. The summed E-state index contributed by atoms with van der Waals surface area (Å²) in [5.41, 5.74) is 1.07. The maximum absolute atomic E-state index is 12.2. The van der Waals surface area contributed by atoms with Gasteiger partial charge in [0.25, 0.3) is 0 Å². The van der Waals surface area contributed by atoms with Crippen molar-refractivity contribution in [2.75, 3.05) is 39.5 Å². The number of nitrogens with zero attached hydrogens (tertiary/aromatic N) is 2. The molecule has 1 aromatic carbocycles. The fourth-order valence-corrected chi connectivity index (χ4v) is 2.66. The lowest BCUT2D eigenvalue weighted by Gasteiger charge is -2.18. The third-order valence-corrected chi connectivity index (χ3v) is 4.31. The largest absolute Gasteiger partial charge is 0.338 e. The zero-order valence-corrected chi connectivity index (χ0v) is 14.3. The topological polar surface area (TPSA) is 23.6 Å². The number of hydrogen-bond donors (Lipinski definition) is 0. The molecule has 1 aliphatic rings. The molecule has 1 heterocycles. The van der Waals surface area contributed by atoms with Crippen LogP contribution < -0.4 is 0 Å². The number of amides is 1. The van der Waals surface area contributed by atoms with Crippen LogP contribution in [0.25, 0.3) is 6.08 Å². The lowest BCUT2D eigenvalue weighted by Crippen LogP contribution is -2.33. The molecule has 21 heavy (non-hydrogen) atoms. The second-order valence-corrected chi connectivity index (χ2v) is 5.97. The SMILES string of the molecule is CSc1ccc(C=CC(=O)N2CCCN(C)CC2)cc1.Cl. The Kier molecular flexibility index (Phi) is 7.86. The summed E-state index contributed by atoms with van der Waals surface area (Å²) in [6.07, 6.45) is 6.71. The molecule has 116 valence electrons. The molecule has 1 fully saturated rings. The first-order chi connectivity index (χ1) is 9.69. The van der Waals surface area contributed by atoms with E-state index in [4.69, 9.17) is 0 Å². The number of carbonyl (C=O) groups is 1. The third kappa shape index (κ3) is 5.73. The van der Waals surface area contributed by atoms with E-state index in [1.165, 1.54) is 4.90 Å². The zero-order chi connectivity index (χ0) is 14.4.